The largest absolute Gasteiger partial charge is 0.697 e. The van der Waals surface area contributed by atoms with Crippen molar-refractivity contribution in [2.45, 2.75) is 90.9 Å². The van der Waals surface area contributed by atoms with Gasteiger partial charge in [0.25, 0.3) is 0 Å². The van der Waals surface area contributed by atoms with Gasteiger partial charge in [-0.15, -0.1) is 9.05 Å². The molecule has 6 heteroatoms. The smallest absolute Gasteiger partial charge is 0.314 e. The lowest BCUT2D eigenvalue weighted by molar-refractivity contribution is 0.225. The van der Waals surface area contributed by atoms with Crippen LogP contribution < -0.4 is 10.6 Å². The molecule has 0 atom stereocenters. The van der Waals surface area contributed by atoms with Crippen LogP contribution in [0.3, 0.4) is 0 Å². The van der Waals surface area contributed by atoms with Gasteiger partial charge in [0, 0.05) is 17.7 Å². The van der Waals surface area contributed by atoms with Gasteiger partial charge < -0.3 is 10.6 Å². The van der Waals surface area contributed by atoms with E-state index in [0.29, 0.717) is 13.2 Å². The molecular formula is C20H44N2O3P+. The standard InChI is InChI=1S/C20H44N2O3P/c1-3-5-7-9-11-13-15-21-17-19-24-26(23)25-20-18-22-16-14-12-10-8-6-4-2/h21-22H,3-20H2,1-2H3/q+1. The minimum Gasteiger partial charge on any atom is -0.314 e. The van der Waals surface area contributed by atoms with E-state index in [4.69, 9.17) is 9.05 Å². The predicted molar refractivity (Wildman–Crippen MR) is 112 cm³/mol. The Bertz CT molecular complexity index is 268. The summed E-state index contributed by atoms with van der Waals surface area (Å²) < 4.78 is 21.9. The van der Waals surface area contributed by atoms with Crippen LogP contribution in [-0.2, 0) is 13.6 Å². The lowest BCUT2D eigenvalue weighted by Crippen LogP contribution is -2.21. The molecule has 0 unspecified atom stereocenters. The van der Waals surface area contributed by atoms with Crippen LogP contribution in [0, 0.1) is 0 Å². The van der Waals surface area contributed by atoms with Crippen LogP contribution in [0.2, 0.25) is 0 Å². The van der Waals surface area contributed by atoms with E-state index in [1.807, 2.05) is 0 Å². The van der Waals surface area contributed by atoms with E-state index in [2.05, 4.69) is 24.5 Å². The maximum absolute atomic E-state index is 11.6. The monoisotopic (exact) mass is 391 g/mol. The second-order valence-electron chi connectivity index (χ2n) is 6.93. The third-order valence-electron chi connectivity index (χ3n) is 4.37. The summed E-state index contributed by atoms with van der Waals surface area (Å²) in [5, 5.41) is 6.64. The highest BCUT2D eigenvalue weighted by molar-refractivity contribution is 7.33. The van der Waals surface area contributed by atoms with Gasteiger partial charge >= 0.3 is 8.25 Å². The van der Waals surface area contributed by atoms with Gasteiger partial charge in [0.1, 0.15) is 13.2 Å². The first kappa shape index (κ1) is 25.9. The maximum Gasteiger partial charge on any atom is 0.697 e. The van der Waals surface area contributed by atoms with Crippen LogP contribution in [0.25, 0.3) is 0 Å². The minimum absolute atomic E-state index is 0.441. The van der Waals surface area contributed by atoms with Crippen molar-refractivity contribution in [3.05, 3.63) is 0 Å². The first-order chi connectivity index (χ1) is 12.8. The van der Waals surface area contributed by atoms with E-state index in [0.717, 1.165) is 26.2 Å². The van der Waals surface area contributed by atoms with Crippen LogP contribution in [0.15, 0.2) is 0 Å². The molecule has 26 heavy (non-hydrogen) atoms. The summed E-state index contributed by atoms with van der Waals surface area (Å²) in [5.74, 6) is 0. The van der Waals surface area contributed by atoms with Crippen molar-refractivity contribution in [2.24, 2.45) is 0 Å². The summed E-state index contributed by atoms with van der Waals surface area (Å²) >= 11 is 0. The molecule has 0 saturated carbocycles. The Morgan fingerprint density at radius 1 is 0.577 bits per heavy atom. The lowest BCUT2D eigenvalue weighted by atomic mass is 10.1. The summed E-state index contributed by atoms with van der Waals surface area (Å²) in [5.41, 5.74) is 0. The van der Waals surface area contributed by atoms with Gasteiger partial charge in [-0.25, -0.2) is 0 Å². The Balaban J connectivity index is 3.13. The fraction of sp³-hybridized carbons (Fsp3) is 1.00. The van der Waals surface area contributed by atoms with Crippen molar-refractivity contribution < 1.29 is 13.6 Å². The van der Waals surface area contributed by atoms with Gasteiger partial charge in [0.05, 0.1) is 0 Å². The van der Waals surface area contributed by atoms with E-state index in [1.165, 1.54) is 77.0 Å². The summed E-state index contributed by atoms with van der Waals surface area (Å²) in [6.45, 7) is 8.84. The molecular weight excluding hydrogens is 347 g/mol. The van der Waals surface area contributed by atoms with Crippen molar-refractivity contribution in [1.82, 2.24) is 10.6 Å². The zero-order valence-corrected chi connectivity index (χ0v) is 18.3. The summed E-state index contributed by atoms with van der Waals surface area (Å²) in [6.07, 6.45) is 15.6. The molecule has 0 radical (unpaired) electrons. The van der Waals surface area contributed by atoms with Gasteiger partial charge in [-0.2, -0.15) is 0 Å². The normalized spacial score (nSPS) is 11.2. The molecule has 0 fully saturated rings. The van der Waals surface area contributed by atoms with Gasteiger partial charge in [-0.1, -0.05) is 78.1 Å². The van der Waals surface area contributed by atoms with Gasteiger partial charge in [0.15, 0.2) is 0 Å². The molecule has 0 aliphatic carbocycles. The minimum atomic E-state index is -1.98. The molecule has 0 aromatic heterocycles. The molecule has 0 amide bonds. The van der Waals surface area contributed by atoms with Crippen LogP contribution in [0.4, 0.5) is 0 Å². The maximum atomic E-state index is 11.6. The average molecular weight is 392 g/mol. The van der Waals surface area contributed by atoms with E-state index < -0.39 is 8.25 Å². The molecule has 0 bridgehead atoms. The fourth-order valence-electron chi connectivity index (χ4n) is 2.73. The van der Waals surface area contributed by atoms with E-state index in [-0.39, 0.29) is 0 Å². The highest BCUT2D eigenvalue weighted by Gasteiger charge is 2.18. The highest BCUT2D eigenvalue weighted by atomic mass is 31.1. The molecule has 0 aromatic rings. The van der Waals surface area contributed by atoms with Crippen LogP contribution >= 0.6 is 8.25 Å². The summed E-state index contributed by atoms with van der Waals surface area (Å²) in [6, 6.07) is 0. The zero-order valence-electron chi connectivity index (χ0n) is 17.4. The Kier molecular flexibility index (Phi) is 22.9. The van der Waals surface area contributed by atoms with Crippen molar-refractivity contribution in [1.29, 1.82) is 0 Å². The Morgan fingerprint density at radius 2 is 0.962 bits per heavy atom. The molecule has 0 saturated heterocycles. The average Bonchev–Trinajstić information content (AvgIpc) is 2.64. The van der Waals surface area contributed by atoms with Crippen molar-refractivity contribution in [3.63, 3.8) is 0 Å². The van der Waals surface area contributed by atoms with Crippen molar-refractivity contribution >= 4 is 8.25 Å². The SMILES string of the molecule is CCCCCCCCNCCO[P+](=O)OCCNCCCCCCCC. The molecule has 0 aliphatic rings. The zero-order chi connectivity index (χ0) is 19.1. The topological polar surface area (TPSA) is 59.6 Å². The Hall–Kier alpha value is -0.0600. The quantitative estimate of drug-likeness (QED) is 0.186. The molecule has 5 nitrogen and oxygen atoms in total. The number of hydrogen-bond acceptors (Lipinski definition) is 5. The van der Waals surface area contributed by atoms with E-state index in [1.54, 1.807) is 0 Å². The highest BCUT2D eigenvalue weighted by Crippen LogP contribution is 2.22. The summed E-state index contributed by atoms with van der Waals surface area (Å²) in [7, 11) is -1.98. The van der Waals surface area contributed by atoms with Crippen molar-refractivity contribution in [3.8, 4) is 0 Å². The first-order valence-corrected chi connectivity index (χ1v) is 12.0. The third kappa shape index (κ3) is 22.0. The van der Waals surface area contributed by atoms with Crippen LogP contribution in [0.5, 0.6) is 0 Å². The van der Waals surface area contributed by atoms with E-state index >= 15 is 0 Å². The molecule has 156 valence electrons. The molecule has 0 aliphatic heterocycles. The summed E-state index contributed by atoms with van der Waals surface area (Å²) in [4.78, 5) is 0. The van der Waals surface area contributed by atoms with E-state index in [9.17, 15) is 4.57 Å². The number of rotatable bonds is 22. The number of unbranched alkanes of at least 4 members (excludes halogenated alkanes) is 10. The molecule has 0 aromatic carbocycles. The lowest BCUT2D eigenvalue weighted by Gasteiger charge is -2.03. The fourth-order valence-corrected chi connectivity index (χ4v) is 3.29. The molecule has 2 N–H and O–H groups in total. The van der Waals surface area contributed by atoms with Crippen LogP contribution in [0.1, 0.15) is 90.9 Å². The number of hydrogen-bond donors (Lipinski definition) is 2. The van der Waals surface area contributed by atoms with Gasteiger partial charge in [-0.3, -0.25) is 0 Å². The second-order valence-corrected chi connectivity index (χ2v) is 7.89. The van der Waals surface area contributed by atoms with Gasteiger partial charge in [0.2, 0.25) is 0 Å². The Labute approximate surface area is 163 Å². The van der Waals surface area contributed by atoms with Crippen LogP contribution in [-0.4, -0.2) is 39.4 Å². The molecule has 0 spiro atoms. The van der Waals surface area contributed by atoms with Crippen molar-refractivity contribution in [2.75, 3.05) is 39.4 Å². The third-order valence-corrected chi connectivity index (χ3v) is 5.15. The molecule has 0 heterocycles. The Morgan fingerprint density at radius 3 is 1.38 bits per heavy atom. The second kappa shape index (κ2) is 23.0. The predicted octanol–water partition coefficient (Wildman–Crippen LogP) is 5.58. The van der Waals surface area contributed by atoms with Gasteiger partial charge in [-0.05, 0) is 25.9 Å². The first-order valence-electron chi connectivity index (χ1n) is 11.0. The number of nitrogens with one attached hydrogen (secondary N) is 2. The molecule has 0 rings (SSSR count).